The molecule has 0 aliphatic heterocycles. The van der Waals surface area contributed by atoms with Gasteiger partial charge >= 0.3 is 0 Å². The average Bonchev–Trinajstić information content (AvgIpc) is 2.43. The smallest absolute Gasteiger partial charge is 0.145 e. The summed E-state index contributed by atoms with van der Waals surface area (Å²) >= 11 is 0. The fourth-order valence-corrected chi connectivity index (χ4v) is 2.64. The molecule has 19 heavy (non-hydrogen) atoms. The number of benzene rings is 1. The minimum absolute atomic E-state index is 0.464. The molecular weight excluding hydrogens is 234 g/mol. The summed E-state index contributed by atoms with van der Waals surface area (Å²) in [4.78, 5) is 8.91. The molecule has 1 aliphatic rings. The molecule has 0 bridgehead atoms. The lowest BCUT2D eigenvalue weighted by atomic mass is 9.88. The lowest BCUT2D eigenvalue weighted by Gasteiger charge is -2.25. The summed E-state index contributed by atoms with van der Waals surface area (Å²) in [5, 5.41) is 3.52. The Kier molecular flexibility index (Phi) is 3.20. The Balaban J connectivity index is 1.73. The van der Waals surface area contributed by atoms with Crippen molar-refractivity contribution in [3.8, 4) is 0 Å². The van der Waals surface area contributed by atoms with Gasteiger partial charge in [-0.05, 0) is 44.2 Å². The van der Waals surface area contributed by atoms with E-state index < -0.39 is 0 Å². The number of aromatic nitrogens is 2. The third-order valence-corrected chi connectivity index (χ3v) is 3.89. The van der Waals surface area contributed by atoms with Gasteiger partial charge in [0.1, 0.15) is 5.82 Å². The lowest BCUT2D eigenvalue weighted by Crippen LogP contribution is -2.27. The highest BCUT2D eigenvalue weighted by Gasteiger charge is 2.18. The minimum atomic E-state index is 0.464. The first-order valence-electron chi connectivity index (χ1n) is 6.86. The Morgan fingerprint density at radius 2 is 1.89 bits per heavy atom. The number of hydrogen-bond donors (Lipinski definition) is 1. The fraction of sp³-hybridized carbons (Fsp3) is 0.375. The van der Waals surface area contributed by atoms with Crippen molar-refractivity contribution in [2.45, 2.75) is 39.2 Å². The second-order valence-corrected chi connectivity index (χ2v) is 5.28. The number of fused-ring (bicyclic) bond motifs is 1. The van der Waals surface area contributed by atoms with Crippen LogP contribution in [0.4, 0.5) is 5.82 Å². The normalized spacial score (nSPS) is 17.9. The molecule has 3 rings (SSSR count). The molecule has 1 aromatic heterocycles. The predicted octanol–water partition coefficient (Wildman–Crippen LogP) is 3.06. The molecule has 98 valence electrons. The highest BCUT2D eigenvalue weighted by atomic mass is 15.0. The highest BCUT2D eigenvalue weighted by molar-refractivity contribution is 5.38. The van der Waals surface area contributed by atoms with Crippen LogP contribution in [0.5, 0.6) is 0 Å². The standard InChI is InChI=1S/C16H19N3/c1-11-12(2)18-16(10-17-11)19-15-8-7-13-5-3-4-6-14(13)9-15/h3-6,10,15H,7-9H2,1-2H3,(H,18,19). The maximum atomic E-state index is 4.55. The Hall–Kier alpha value is -1.90. The van der Waals surface area contributed by atoms with Gasteiger partial charge < -0.3 is 5.32 Å². The summed E-state index contributed by atoms with van der Waals surface area (Å²) in [6.07, 6.45) is 5.21. The van der Waals surface area contributed by atoms with Gasteiger partial charge in [0.2, 0.25) is 0 Å². The lowest BCUT2D eigenvalue weighted by molar-refractivity contribution is 0.608. The van der Waals surface area contributed by atoms with Gasteiger partial charge in [-0.1, -0.05) is 24.3 Å². The van der Waals surface area contributed by atoms with Crippen LogP contribution in [0.2, 0.25) is 0 Å². The Morgan fingerprint density at radius 1 is 1.11 bits per heavy atom. The third-order valence-electron chi connectivity index (χ3n) is 3.89. The van der Waals surface area contributed by atoms with Crippen molar-refractivity contribution < 1.29 is 0 Å². The highest BCUT2D eigenvalue weighted by Crippen LogP contribution is 2.23. The van der Waals surface area contributed by atoms with Crippen molar-refractivity contribution in [1.29, 1.82) is 0 Å². The SMILES string of the molecule is Cc1ncc(NC2CCc3ccccc3C2)nc1C. The van der Waals surface area contributed by atoms with Gasteiger partial charge in [-0.25, -0.2) is 4.98 Å². The molecule has 2 aromatic rings. The monoisotopic (exact) mass is 253 g/mol. The second-order valence-electron chi connectivity index (χ2n) is 5.28. The Morgan fingerprint density at radius 3 is 2.68 bits per heavy atom. The van der Waals surface area contributed by atoms with Crippen LogP contribution < -0.4 is 5.32 Å². The van der Waals surface area contributed by atoms with Gasteiger partial charge in [0.05, 0.1) is 17.6 Å². The van der Waals surface area contributed by atoms with E-state index in [1.54, 1.807) is 0 Å². The van der Waals surface area contributed by atoms with Crippen molar-refractivity contribution in [1.82, 2.24) is 9.97 Å². The molecule has 0 saturated carbocycles. The van der Waals surface area contributed by atoms with E-state index in [0.717, 1.165) is 36.5 Å². The summed E-state index contributed by atoms with van der Waals surface area (Å²) < 4.78 is 0. The number of hydrogen-bond acceptors (Lipinski definition) is 3. The second kappa shape index (κ2) is 5.00. The van der Waals surface area contributed by atoms with E-state index in [1.807, 2.05) is 20.0 Å². The van der Waals surface area contributed by atoms with E-state index in [4.69, 9.17) is 0 Å². The van der Waals surface area contributed by atoms with Gasteiger partial charge in [-0.3, -0.25) is 4.98 Å². The largest absolute Gasteiger partial charge is 0.366 e. The van der Waals surface area contributed by atoms with Gasteiger partial charge in [0.25, 0.3) is 0 Å². The summed E-state index contributed by atoms with van der Waals surface area (Å²) in [7, 11) is 0. The third kappa shape index (κ3) is 2.60. The number of nitrogens with zero attached hydrogens (tertiary/aromatic N) is 2. The first-order chi connectivity index (χ1) is 9.22. The maximum absolute atomic E-state index is 4.55. The van der Waals surface area contributed by atoms with Crippen LogP contribution in [0, 0.1) is 13.8 Å². The quantitative estimate of drug-likeness (QED) is 0.894. The molecule has 1 atom stereocenters. The topological polar surface area (TPSA) is 37.8 Å². The predicted molar refractivity (Wildman–Crippen MR) is 77.4 cm³/mol. The summed E-state index contributed by atoms with van der Waals surface area (Å²) in [6.45, 7) is 3.99. The zero-order chi connectivity index (χ0) is 13.2. The van der Waals surface area contributed by atoms with Crippen LogP contribution in [0.25, 0.3) is 0 Å². The van der Waals surface area contributed by atoms with E-state index in [-0.39, 0.29) is 0 Å². The number of nitrogens with one attached hydrogen (secondary N) is 1. The molecule has 1 N–H and O–H groups in total. The molecule has 1 aliphatic carbocycles. The van der Waals surface area contributed by atoms with Crippen LogP contribution in [0.15, 0.2) is 30.5 Å². The van der Waals surface area contributed by atoms with Crippen LogP contribution in [0.1, 0.15) is 28.9 Å². The number of aryl methyl sites for hydroxylation is 3. The molecular formula is C16H19N3. The van der Waals surface area contributed by atoms with E-state index in [2.05, 4.69) is 39.6 Å². The van der Waals surface area contributed by atoms with Gasteiger partial charge in [-0.15, -0.1) is 0 Å². The van der Waals surface area contributed by atoms with Crippen LogP contribution >= 0.6 is 0 Å². The molecule has 1 unspecified atom stereocenters. The zero-order valence-corrected chi connectivity index (χ0v) is 11.5. The molecule has 0 fully saturated rings. The van der Waals surface area contributed by atoms with Crippen molar-refractivity contribution >= 4 is 5.82 Å². The van der Waals surface area contributed by atoms with Crippen LogP contribution in [-0.4, -0.2) is 16.0 Å². The van der Waals surface area contributed by atoms with E-state index in [1.165, 1.54) is 11.1 Å². The molecule has 0 spiro atoms. The van der Waals surface area contributed by atoms with Crippen LogP contribution in [-0.2, 0) is 12.8 Å². The van der Waals surface area contributed by atoms with Crippen LogP contribution in [0.3, 0.4) is 0 Å². The molecule has 1 aromatic carbocycles. The van der Waals surface area contributed by atoms with E-state index in [0.29, 0.717) is 6.04 Å². The van der Waals surface area contributed by atoms with Crippen molar-refractivity contribution in [2.24, 2.45) is 0 Å². The molecule has 0 amide bonds. The molecule has 3 heteroatoms. The molecule has 1 heterocycles. The van der Waals surface area contributed by atoms with Gasteiger partial charge in [-0.2, -0.15) is 0 Å². The minimum Gasteiger partial charge on any atom is -0.366 e. The Labute approximate surface area is 114 Å². The van der Waals surface area contributed by atoms with Gasteiger partial charge in [0, 0.05) is 6.04 Å². The first-order valence-corrected chi connectivity index (χ1v) is 6.86. The summed E-state index contributed by atoms with van der Waals surface area (Å²) in [5.41, 5.74) is 4.95. The van der Waals surface area contributed by atoms with Crippen molar-refractivity contribution in [2.75, 3.05) is 5.32 Å². The van der Waals surface area contributed by atoms with E-state index in [9.17, 15) is 0 Å². The van der Waals surface area contributed by atoms with Gasteiger partial charge in [0.15, 0.2) is 0 Å². The number of anilines is 1. The average molecular weight is 253 g/mol. The maximum Gasteiger partial charge on any atom is 0.145 e. The molecule has 3 nitrogen and oxygen atoms in total. The van der Waals surface area contributed by atoms with Crippen molar-refractivity contribution in [3.63, 3.8) is 0 Å². The summed E-state index contributed by atoms with van der Waals surface area (Å²) in [5.74, 6) is 0.896. The van der Waals surface area contributed by atoms with Crippen molar-refractivity contribution in [3.05, 3.63) is 53.0 Å². The molecule has 0 saturated heterocycles. The zero-order valence-electron chi connectivity index (χ0n) is 11.5. The number of rotatable bonds is 2. The molecule has 0 radical (unpaired) electrons. The first kappa shape index (κ1) is 12.2. The Bertz CT molecular complexity index is 592. The fourth-order valence-electron chi connectivity index (χ4n) is 2.64. The van der Waals surface area contributed by atoms with E-state index >= 15 is 0 Å². The summed E-state index contributed by atoms with van der Waals surface area (Å²) in [6, 6.07) is 9.18.